The lowest BCUT2D eigenvalue weighted by molar-refractivity contribution is -0.384. The van der Waals surface area contributed by atoms with Gasteiger partial charge in [-0.05, 0) is 51.3 Å². The summed E-state index contributed by atoms with van der Waals surface area (Å²) >= 11 is 0. The van der Waals surface area contributed by atoms with Crippen LogP contribution in [0.5, 0.6) is 0 Å². The van der Waals surface area contributed by atoms with Gasteiger partial charge in [0, 0.05) is 31.2 Å². The molecule has 5 nitrogen and oxygen atoms in total. The van der Waals surface area contributed by atoms with Gasteiger partial charge in [0.05, 0.1) is 4.92 Å². The standard InChI is InChI=1S/C15H23N3O2/c1-10(2)17-6-5-13(9-17)16-14-7-11(3)12(4)8-15(14)18(19)20/h7-8,10,13,16H,5-6,9H2,1-4H3. The van der Waals surface area contributed by atoms with Crippen molar-refractivity contribution < 1.29 is 4.92 Å². The molecule has 0 aliphatic carbocycles. The molecule has 0 spiro atoms. The van der Waals surface area contributed by atoms with Crippen molar-refractivity contribution in [1.29, 1.82) is 0 Å². The predicted octanol–water partition coefficient (Wildman–Crippen LogP) is 3.11. The normalized spacial score (nSPS) is 19.6. The topological polar surface area (TPSA) is 58.4 Å². The summed E-state index contributed by atoms with van der Waals surface area (Å²) in [7, 11) is 0. The SMILES string of the molecule is Cc1cc(NC2CCN(C(C)C)C2)c([N+](=O)[O-])cc1C. The van der Waals surface area contributed by atoms with Crippen molar-refractivity contribution in [1.82, 2.24) is 4.90 Å². The number of nitrogens with one attached hydrogen (secondary N) is 1. The molecule has 0 aromatic heterocycles. The highest BCUT2D eigenvalue weighted by atomic mass is 16.6. The molecule has 1 heterocycles. The van der Waals surface area contributed by atoms with Crippen LogP contribution in [0.15, 0.2) is 12.1 Å². The Morgan fingerprint density at radius 2 is 2.00 bits per heavy atom. The number of hydrogen-bond donors (Lipinski definition) is 1. The van der Waals surface area contributed by atoms with Crippen LogP contribution in [0.3, 0.4) is 0 Å². The summed E-state index contributed by atoms with van der Waals surface area (Å²) in [6.45, 7) is 10.2. The molecule has 2 rings (SSSR count). The summed E-state index contributed by atoms with van der Waals surface area (Å²) in [4.78, 5) is 13.3. The van der Waals surface area contributed by atoms with E-state index >= 15 is 0 Å². The van der Waals surface area contributed by atoms with Crippen molar-refractivity contribution in [2.24, 2.45) is 0 Å². The van der Waals surface area contributed by atoms with E-state index in [9.17, 15) is 10.1 Å². The predicted molar refractivity (Wildman–Crippen MR) is 81.3 cm³/mol. The number of likely N-dealkylation sites (tertiary alicyclic amines) is 1. The zero-order chi connectivity index (χ0) is 14.9. The van der Waals surface area contributed by atoms with Crippen LogP contribution < -0.4 is 5.32 Å². The summed E-state index contributed by atoms with van der Waals surface area (Å²) in [5, 5.41) is 14.5. The second-order valence-corrected chi connectivity index (χ2v) is 5.93. The Bertz CT molecular complexity index is 514. The Hall–Kier alpha value is -1.62. The minimum atomic E-state index is -0.302. The van der Waals surface area contributed by atoms with Gasteiger partial charge < -0.3 is 5.32 Å². The molecule has 0 bridgehead atoms. The van der Waals surface area contributed by atoms with E-state index in [1.165, 1.54) is 0 Å². The third-order valence-corrected chi connectivity index (χ3v) is 4.12. The fraction of sp³-hybridized carbons (Fsp3) is 0.600. The Morgan fingerprint density at radius 1 is 1.35 bits per heavy atom. The Kier molecular flexibility index (Phi) is 4.28. The number of nitrogens with zero attached hydrogens (tertiary/aromatic N) is 2. The van der Waals surface area contributed by atoms with Gasteiger partial charge in [-0.25, -0.2) is 0 Å². The Balaban J connectivity index is 2.17. The van der Waals surface area contributed by atoms with Crippen molar-refractivity contribution in [2.45, 2.75) is 46.2 Å². The van der Waals surface area contributed by atoms with Crippen LogP contribution in [-0.4, -0.2) is 35.0 Å². The van der Waals surface area contributed by atoms with Gasteiger partial charge in [0.2, 0.25) is 0 Å². The number of nitro benzene ring substituents is 1. The van der Waals surface area contributed by atoms with E-state index in [1.54, 1.807) is 6.07 Å². The summed E-state index contributed by atoms with van der Waals surface area (Å²) in [5.74, 6) is 0. The van der Waals surface area contributed by atoms with Gasteiger partial charge >= 0.3 is 0 Å². The van der Waals surface area contributed by atoms with Crippen molar-refractivity contribution in [3.05, 3.63) is 33.4 Å². The lowest BCUT2D eigenvalue weighted by Gasteiger charge is -2.21. The third-order valence-electron chi connectivity index (χ3n) is 4.12. The average molecular weight is 277 g/mol. The molecule has 1 saturated heterocycles. The average Bonchev–Trinajstić information content (AvgIpc) is 2.82. The van der Waals surface area contributed by atoms with E-state index in [-0.39, 0.29) is 10.6 Å². The fourth-order valence-corrected chi connectivity index (χ4v) is 2.66. The van der Waals surface area contributed by atoms with E-state index in [1.807, 2.05) is 19.9 Å². The smallest absolute Gasteiger partial charge is 0.292 e. The minimum absolute atomic E-state index is 0.177. The van der Waals surface area contributed by atoms with Crippen molar-refractivity contribution in [3.63, 3.8) is 0 Å². The number of rotatable bonds is 4. The summed E-state index contributed by atoms with van der Waals surface area (Å²) in [6, 6.07) is 4.37. The lowest BCUT2D eigenvalue weighted by atomic mass is 10.1. The minimum Gasteiger partial charge on any atom is -0.375 e. The molecule has 1 atom stereocenters. The number of aryl methyl sites for hydroxylation is 2. The maximum Gasteiger partial charge on any atom is 0.292 e. The second kappa shape index (κ2) is 5.79. The molecular formula is C15H23N3O2. The van der Waals surface area contributed by atoms with Gasteiger partial charge in [-0.1, -0.05) is 0 Å². The molecule has 1 unspecified atom stereocenters. The molecule has 1 aliphatic rings. The van der Waals surface area contributed by atoms with Crippen molar-refractivity contribution in [3.8, 4) is 0 Å². The maximum absolute atomic E-state index is 11.2. The van der Waals surface area contributed by atoms with Crippen LogP contribution in [0.25, 0.3) is 0 Å². The van der Waals surface area contributed by atoms with Crippen molar-refractivity contribution in [2.75, 3.05) is 18.4 Å². The molecule has 1 aromatic rings. The molecule has 0 amide bonds. The molecule has 0 saturated carbocycles. The largest absolute Gasteiger partial charge is 0.375 e. The fourth-order valence-electron chi connectivity index (χ4n) is 2.66. The Labute approximate surface area is 120 Å². The van der Waals surface area contributed by atoms with E-state index in [4.69, 9.17) is 0 Å². The maximum atomic E-state index is 11.2. The molecule has 1 N–H and O–H groups in total. The monoisotopic (exact) mass is 277 g/mol. The van der Waals surface area contributed by atoms with Gasteiger partial charge in [0.15, 0.2) is 0 Å². The summed E-state index contributed by atoms with van der Waals surface area (Å²) < 4.78 is 0. The van der Waals surface area contributed by atoms with Crippen LogP contribution in [0.2, 0.25) is 0 Å². The second-order valence-electron chi connectivity index (χ2n) is 5.93. The number of nitro groups is 1. The van der Waals surface area contributed by atoms with E-state index < -0.39 is 0 Å². The van der Waals surface area contributed by atoms with Crippen LogP contribution in [0.4, 0.5) is 11.4 Å². The van der Waals surface area contributed by atoms with Crippen LogP contribution in [0, 0.1) is 24.0 Å². The van der Waals surface area contributed by atoms with Crippen LogP contribution in [0.1, 0.15) is 31.4 Å². The first-order chi connectivity index (χ1) is 9.38. The van der Waals surface area contributed by atoms with Gasteiger partial charge in [0.25, 0.3) is 5.69 Å². The van der Waals surface area contributed by atoms with E-state index in [0.29, 0.717) is 17.8 Å². The molecule has 20 heavy (non-hydrogen) atoms. The molecule has 1 aromatic carbocycles. The van der Waals surface area contributed by atoms with Crippen LogP contribution >= 0.6 is 0 Å². The summed E-state index contributed by atoms with van der Waals surface area (Å²) in [6.07, 6.45) is 1.03. The molecule has 0 radical (unpaired) electrons. The van der Waals surface area contributed by atoms with E-state index in [0.717, 1.165) is 30.6 Å². The lowest BCUT2D eigenvalue weighted by Crippen LogP contribution is -2.31. The third kappa shape index (κ3) is 3.10. The number of anilines is 1. The quantitative estimate of drug-likeness (QED) is 0.678. The highest BCUT2D eigenvalue weighted by Gasteiger charge is 2.26. The zero-order valence-electron chi connectivity index (χ0n) is 12.6. The highest BCUT2D eigenvalue weighted by molar-refractivity contribution is 5.65. The van der Waals surface area contributed by atoms with Gasteiger partial charge in [-0.15, -0.1) is 0 Å². The van der Waals surface area contributed by atoms with Crippen molar-refractivity contribution >= 4 is 11.4 Å². The zero-order valence-corrected chi connectivity index (χ0v) is 12.6. The molecule has 5 heteroatoms. The number of benzene rings is 1. The van der Waals surface area contributed by atoms with Crippen LogP contribution in [-0.2, 0) is 0 Å². The molecule has 1 fully saturated rings. The van der Waals surface area contributed by atoms with Gasteiger partial charge in [0.1, 0.15) is 5.69 Å². The first-order valence-corrected chi connectivity index (χ1v) is 7.14. The Morgan fingerprint density at radius 3 is 2.55 bits per heavy atom. The molecule has 110 valence electrons. The molecule has 1 aliphatic heterocycles. The molecular weight excluding hydrogens is 254 g/mol. The highest BCUT2D eigenvalue weighted by Crippen LogP contribution is 2.29. The first kappa shape index (κ1) is 14.8. The number of hydrogen-bond acceptors (Lipinski definition) is 4. The van der Waals surface area contributed by atoms with Gasteiger partial charge in [-0.2, -0.15) is 0 Å². The van der Waals surface area contributed by atoms with E-state index in [2.05, 4.69) is 24.1 Å². The summed E-state index contributed by atoms with van der Waals surface area (Å²) in [5.41, 5.74) is 2.86. The first-order valence-electron chi connectivity index (χ1n) is 7.14. The van der Waals surface area contributed by atoms with Gasteiger partial charge in [-0.3, -0.25) is 15.0 Å².